The maximum absolute atomic E-state index is 11.4. The van der Waals surface area contributed by atoms with Gasteiger partial charge in [-0.25, -0.2) is 4.98 Å². The van der Waals surface area contributed by atoms with Crippen LogP contribution in [0.1, 0.15) is 23.2 Å². The van der Waals surface area contributed by atoms with E-state index >= 15 is 0 Å². The summed E-state index contributed by atoms with van der Waals surface area (Å²) in [7, 11) is 0. The summed E-state index contributed by atoms with van der Waals surface area (Å²) in [6.45, 7) is 1.98. The topological polar surface area (TPSA) is 69.1 Å². The van der Waals surface area contributed by atoms with Crippen LogP contribution in [-0.4, -0.2) is 17.3 Å². The predicted octanol–water partition coefficient (Wildman–Crippen LogP) is 2.29. The van der Waals surface area contributed by atoms with Crippen LogP contribution in [0.15, 0.2) is 21.0 Å². The first-order valence-electron chi connectivity index (χ1n) is 4.92. The third kappa shape index (κ3) is 2.01. The Balaban J connectivity index is 2.65. The number of fused-ring (bicyclic) bond motifs is 1. The van der Waals surface area contributed by atoms with Gasteiger partial charge in [0.15, 0.2) is 17.3 Å². The van der Waals surface area contributed by atoms with Gasteiger partial charge in [0.1, 0.15) is 5.52 Å². The Morgan fingerprint density at radius 1 is 1.56 bits per heavy atom. The van der Waals surface area contributed by atoms with Crippen molar-refractivity contribution in [2.45, 2.75) is 13.3 Å². The second-order valence-corrected chi connectivity index (χ2v) is 4.42. The van der Waals surface area contributed by atoms with Gasteiger partial charge >= 0.3 is 0 Å². The number of benzene rings is 1. The third-order valence-corrected chi connectivity index (χ3v) is 2.69. The van der Waals surface area contributed by atoms with Gasteiger partial charge in [-0.15, -0.1) is 0 Å². The van der Waals surface area contributed by atoms with Crippen LogP contribution in [0, 0.1) is 0 Å². The highest BCUT2D eigenvalue weighted by molar-refractivity contribution is 9.10. The first-order valence-corrected chi connectivity index (χ1v) is 5.71. The molecule has 16 heavy (non-hydrogen) atoms. The van der Waals surface area contributed by atoms with Gasteiger partial charge in [0.25, 0.3) is 0 Å². The van der Waals surface area contributed by atoms with Crippen LogP contribution in [0.4, 0.5) is 0 Å². The van der Waals surface area contributed by atoms with Gasteiger partial charge in [0, 0.05) is 17.4 Å². The molecule has 0 spiro atoms. The smallest absolute Gasteiger partial charge is 0.196 e. The highest BCUT2D eigenvalue weighted by Gasteiger charge is 2.13. The number of halogens is 1. The van der Waals surface area contributed by atoms with Crippen molar-refractivity contribution in [1.29, 1.82) is 0 Å². The Kier molecular flexibility index (Phi) is 3.07. The molecular weight excluding hydrogens is 272 g/mol. The van der Waals surface area contributed by atoms with Crippen molar-refractivity contribution in [1.82, 2.24) is 4.98 Å². The van der Waals surface area contributed by atoms with Crippen LogP contribution in [0.25, 0.3) is 11.1 Å². The van der Waals surface area contributed by atoms with E-state index in [1.54, 1.807) is 6.07 Å². The normalized spacial score (nSPS) is 10.9. The molecule has 5 heteroatoms. The Morgan fingerprint density at radius 3 is 2.94 bits per heavy atom. The van der Waals surface area contributed by atoms with Crippen LogP contribution < -0.4 is 5.73 Å². The standard InChI is InChI=1S/C11H11BrN2O2/c1-6(15)8-4-7(12)5-9-11(8)16-10(14-9)2-3-13/h4-5H,2-3,13H2,1H3. The summed E-state index contributed by atoms with van der Waals surface area (Å²) in [5.41, 5.74) is 7.20. The highest BCUT2D eigenvalue weighted by Crippen LogP contribution is 2.25. The van der Waals surface area contributed by atoms with E-state index in [4.69, 9.17) is 10.2 Å². The lowest BCUT2D eigenvalue weighted by Gasteiger charge is -1.97. The minimum absolute atomic E-state index is 0.0400. The summed E-state index contributed by atoms with van der Waals surface area (Å²) in [5.74, 6) is 0.528. The summed E-state index contributed by atoms with van der Waals surface area (Å²) in [4.78, 5) is 15.7. The molecule has 0 aliphatic rings. The molecule has 1 aromatic carbocycles. The molecule has 0 saturated carbocycles. The molecule has 0 aliphatic carbocycles. The van der Waals surface area contributed by atoms with Gasteiger partial charge in [0.2, 0.25) is 0 Å². The van der Waals surface area contributed by atoms with Crippen LogP contribution in [0.2, 0.25) is 0 Å². The van der Waals surface area contributed by atoms with E-state index in [9.17, 15) is 4.79 Å². The zero-order valence-electron chi connectivity index (χ0n) is 8.79. The largest absolute Gasteiger partial charge is 0.440 e. The average molecular weight is 283 g/mol. The maximum Gasteiger partial charge on any atom is 0.196 e. The molecule has 0 aliphatic heterocycles. The monoisotopic (exact) mass is 282 g/mol. The van der Waals surface area contributed by atoms with Crippen LogP contribution in [0.3, 0.4) is 0 Å². The second kappa shape index (κ2) is 4.35. The van der Waals surface area contributed by atoms with Crippen molar-refractivity contribution in [2.24, 2.45) is 5.73 Å². The third-order valence-electron chi connectivity index (χ3n) is 2.24. The summed E-state index contributed by atoms with van der Waals surface area (Å²) >= 11 is 3.34. The number of carbonyl (C=O) groups is 1. The summed E-state index contributed by atoms with van der Waals surface area (Å²) in [6.07, 6.45) is 0.573. The zero-order valence-corrected chi connectivity index (χ0v) is 10.4. The van der Waals surface area contributed by atoms with Crippen molar-refractivity contribution < 1.29 is 9.21 Å². The van der Waals surface area contributed by atoms with E-state index in [2.05, 4.69) is 20.9 Å². The van der Waals surface area contributed by atoms with Crippen molar-refractivity contribution >= 4 is 32.8 Å². The number of rotatable bonds is 3. The number of nitrogens with zero attached hydrogens (tertiary/aromatic N) is 1. The van der Waals surface area contributed by atoms with Crippen LogP contribution in [-0.2, 0) is 6.42 Å². The van der Waals surface area contributed by atoms with Gasteiger partial charge in [-0.2, -0.15) is 0 Å². The fourth-order valence-corrected chi connectivity index (χ4v) is 1.98. The average Bonchev–Trinajstić information content (AvgIpc) is 2.59. The lowest BCUT2D eigenvalue weighted by atomic mass is 10.1. The molecule has 0 fully saturated rings. The van der Waals surface area contributed by atoms with Crippen molar-refractivity contribution in [3.8, 4) is 0 Å². The van der Waals surface area contributed by atoms with E-state index in [1.807, 2.05) is 6.07 Å². The number of ketones is 1. The lowest BCUT2D eigenvalue weighted by Crippen LogP contribution is -2.02. The second-order valence-electron chi connectivity index (χ2n) is 3.50. The molecule has 0 amide bonds. The maximum atomic E-state index is 11.4. The van der Waals surface area contributed by atoms with Crippen molar-refractivity contribution in [3.05, 3.63) is 28.1 Å². The Morgan fingerprint density at radius 2 is 2.31 bits per heavy atom. The lowest BCUT2D eigenvalue weighted by molar-refractivity contribution is 0.101. The molecule has 2 rings (SSSR count). The summed E-state index contributed by atoms with van der Waals surface area (Å²) in [5, 5.41) is 0. The van der Waals surface area contributed by atoms with Gasteiger partial charge < -0.3 is 10.2 Å². The zero-order chi connectivity index (χ0) is 11.7. The molecule has 84 valence electrons. The first kappa shape index (κ1) is 11.3. The predicted molar refractivity (Wildman–Crippen MR) is 64.5 cm³/mol. The molecule has 2 aromatic rings. The molecule has 2 N–H and O–H groups in total. The van der Waals surface area contributed by atoms with E-state index in [-0.39, 0.29) is 5.78 Å². The fraction of sp³-hybridized carbons (Fsp3) is 0.273. The summed E-state index contributed by atoms with van der Waals surface area (Å²) in [6, 6.07) is 3.56. The molecule has 1 aromatic heterocycles. The van der Waals surface area contributed by atoms with E-state index in [0.29, 0.717) is 35.5 Å². The van der Waals surface area contributed by atoms with Crippen molar-refractivity contribution in [2.75, 3.05) is 6.54 Å². The Bertz CT molecular complexity index is 548. The Hall–Kier alpha value is -1.20. The highest BCUT2D eigenvalue weighted by atomic mass is 79.9. The van der Waals surface area contributed by atoms with Crippen molar-refractivity contribution in [3.63, 3.8) is 0 Å². The number of oxazole rings is 1. The minimum atomic E-state index is -0.0400. The van der Waals surface area contributed by atoms with E-state index < -0.39 is 0 Å². The quantitative estimate of drug-likeness (QED) is 0.877. The first-order chi connectivity index (χ1) is 7.61. The summed E-state index contributed by atoms with van der Waals surface area (Å²) < 4.78 is 6.34. The van der Waals surface area contributed by atoms with Crippen LogP contribution >= 0.6 is 15.9 Å². The molecule has 0 saturated heterocycles. The number of Topliss-reactive ketones (excluding diaryl/α,β-unsaturated/α-hetero) is 1. The SMILES string of the molecule is CC(=O)c1cc(Br)cc2nc(CCN)oc12. The van der Waals surface area contributed by atoms with E-state index in [1.165, 1.54) is 6.92 Å². The Labute approximate surface area is 101 Å². The number of hydrogen-bond donors (Lipinski definition) is 1. The van der Waals surface area contributed by atoms with Gasteiger partial charge in [0.05, 0.1) is 5.56 Å². The number of aromatic nitrogens is 1. The van der Waals surface area contributed by atoms with Gasteiger partial charge in [-0.05, 0) is 19.1 Å². The van der Waals surface area contributed by atoms with E-state index in [0.717, 1.165) is 4.47 Å². The number of carbonyl (C=O) groups excluding carboxylic acids is 1. The van der Waals surface area contributed by atoms with Gasteiger partial charge in [-0.3, -0.25) is 4.79 Å². The molecule has 1 heterocycles. The molecule has 0 atom stereocenters. The van der Waals surface area contributed by atoms with Gasteiger partial charge in [-0.1, -0.05) is 15.9 Å². The minimum Gasteiger partial charge on any atom is -0.440 e. The molecule has 4 nitrogen and oxygen atoms in total. The van der Waals surface area contributed by atoms with Crippen LogP contribution in [0.5, 0.6) is 0 Å². The molecule has 0 radical (unpaired) electrons. The molecular formula is C11H11BrN2O2. The molecule has 0 unspecified atom stereocenters. The fourth-order valence-electron chi connectivity index (χ4n) is 1.54. The number of nitrogens with two attached hydrogens (primary N) is 1. The number of hydrogen-bond acceptors (Lipinski definition) is 4. The molecule has 0 bridgehead atoms.